The first-order valence-electron chi connectivity index (χ1n) is 8.52. The van der Waals surface area contributed by atoms with Crippen molar-refractivity contribution in [1.82, 2.24) is 19.7 Å². The molecular weight excluding hydrogens is 324 g/mol. The first-order valence-corrected chi connectivity index (χ1v) is 9.40. The summed E-state index contributed by atoms with van der Waals surface area (Å²) >= 11 is 1.77. The van der Waals surface area contributed by atoms with Gasteiger partial charge in [-0.1, -0.05) is 0 Å². The van der Waals surface area contributed by atoms with Gasteiger partial charge < -0.3 is 14.2 Å². The molecule has 1 amide bonds. The summed E-state index contributed by atoms with van der Waals surface area (Å²) in [5, 5.41) is 10.3. The molecule has 0 aliphatic carbocycles. The maximum Gasteiger partial charge on any atom is 0.225 e. The van der Waals surface area contributed by atoms with Crippen LogP contribution in [0.5, 0.6) is 0 Å². The number of carbonyl (C=O) groups excluding carboxylic acids is 1. The Balaban J connectivity index is 1.35. The Kier molecular flexibility index (Phi) is 4.37. The number of hydrogen-bond donors (Lipinski definition) is 0. The molecule has 128 valence electrons. The average molecular weight is 346 g/mol. The van der Waals surface area contributed by atoms with Crippen LogP contribution in [-0.4, -0.2) is 45.3 Å². The van der Waals surface area contributed by atoms with Gasteiger partial charge in [-0.05, 0) is 29.9 Å². The fraction of sp³-hybridized carbons (Fsp3) is 0.588. The first kappa shape index (κ1) is 15.8. The maximum absolute atomic E-state index is 12.7. The van der Waals surface area contributed by atoms with Crippen molar-refractivity contribution in [2.24, 2.45) is 7.05 Å². The third-order valence-electron chi connectivity index (χ3n) is 5.09. The standard InChI is InChI=1S/C17H22N4O2S/c1-20-11-18-19-17(20)12-2-6-21(7-3-12)16(22)10-14-13-5-9-24-15(13)4-8-23-14/h5,9,11-12,14H,2-4,6-8,10H2,1H3/t14-/m0/s1. The van der Waals surface area contributed by atoms with Crippen LogP contribution < -0.4 is 0 Å². The van der Waals surface area contributed by atoms with E-state index in [0.717, 1.165) is 44.8 Å². The van der Waals surface area contributed by atoms with E-state index in [1.54, 1.807) is 17.7 Å². The minimum absolute atomic E-state index is 0.0658. The Hall–Kier alpha value is -1.73. The highest BCUT2D eigenvalue weighted by Gasteiger charge is 2.30. The topological polar surface area (TPSA) is 60.2 Å². The number of fused-ring (bicyclic) bond motifs is 1. The van der Waals surface area contributed by atoms with Crippen LogP contribution in [0.15, 0.2) is 17.8 Å². The summed E-state index contributed by atoms with van der Waals surface area (Å²) in [6.45, 7) is 2.30. The van der Waals surface area contributed by atoms with E-state index in [4.69, 9.17) is 4.74 Å². The van der Waals surface area contributed by atoms with Crippen molar-refractivity contribution in [1.29, 1.82) is 0 Å². The number of ether oxygens (including phenoxy) is 1. The zero-order chi connectivity index (χ0) is 16.5. The van der Waals surface area contributed by atoms with Crippen molar-refractivity contribution in [3.05, 3.63) is 34.0 Å². The molecule has 0 N–H and O–H groups in total. The zero-order valence-corrected chi connectivity index (χ0v) is 14.7. The molecule has 0 spiro atoms. The summed E-state index contributed by atoms with van der Waals surface area (Å²) in [7, 11) is 1.98. The number of amides is 1. The highest BCUT2D eigenvalue weighted by molar-refractivity contribution is 7.10. The van der Waals surface area contributed by atoms with Crippen molar-refractivity contribution >= 4 is 17.2 Å². The van der Waals surface area contributed by atoms with Gasteiger partial charge in [-0.3, -0.25) is 4.79 Å². The van der Waals surface area contributed by atoms with E-state index < -0.39 is 0 Å². The third kappa shape index (κ3) is 2.98. The molecule has 1 atom stereocenters. The molecule has 24 heavy (non-hydrogen) atoms. The quantitative estimate of drug-likeness (QED) is 0.855. The number of hydrogen-bond acceptors (Lipinski definition) is 5. The molecule has 2 aromatic heterocycles. The molecule has 7 heteroatoms. The van der Waals surface area contributed by atoms with Gasteiger partial charge in [0.1, 0.15) is 12.2 Å². The summed E-state index contributed by atoms with van der Waals surface area (Å²) in [5.41, 5.74) is 1.22. The van der Waals surface area contributed by atoms with Gasteiger partial charge in [-0.25, -0.2) is 0 Å². The van der Waals surface area contributed by atoms with Crippen LogP contribution in [-0.2, 0) is 23.0 Å². The Morgan fingerprint density at radius 2 is 2.25 bits per heavy atom. The average Bonchev–Trinajstić information content (AvgIpc) is 3.24. The fourth-order valence-corrected chi connectivity index (χ4v) is 4.65. The maximum atomic E-state index is 12.7. The fourth-order valence-electron chi connectivity index (χ4n) is 3.73. The van der Waals surface area contributed by atoms with Crippen LogP contribution in [0, 0.1) is 0 Å². The van der Waals surface area contributed by atoms with Crippen LogP contribution in [0.1, 0.15) is 47.5 Å². The number of thiophene rings is 1. The largest absolute Gasteiger partial charge is 0.373 e. The molecule has 0 aromatic carbocycles. The molecule has 1 fully saturated rings. The van der Waals surface area contributed by atoms with Crippen LogP contribution in [0.3, 0.4) is 0 Å². The predicted molar refractivity (Wildman–Crippen MR) is 90.9 cm³/mol. The van der Waals surface area contributed by atoms with Gasteiger partial charge in [0.25, 0.3) is 0 Å². The Morgan fingerprint density at radius 1 is 1.42 bits per heavy atom. The number of aromatic nitrogens is 3. The molecule has 2 aromatic rings. The van der Waals surface area contributed by atoms with Gasteiger partial charge >= 0.3 is 0 Å². The molecule has 2 aliphatic heterocycles. The van der Waals surface area contributed by atoms with Crippen LogP contribution in [0.4, 0.5) is 0 Å². The van der Waals surface area contributed by atoms with Gasteiger partial charge in [0.2, 0.25) is 5.91 Å². The van der Waals surface area contributed by atoms with Crippen molar-refractivity contribution in [2.45, 2.75) is 37.7 Å². The molecule has 0 unspecified atom stereocenters. The number of carbonyl (C=O) groups is 1. The Labute approximate surface area is 145 Å². The van der Waals surface area contributed by atoms with Crippen molar-refractivity contribution in [2.75, 3.05) is 19.7 Å². The number of piperidine rings is 1. The summed E-state index contributed by atoms with van der Waals surface area (Å²) in [6, 6.07) is 2.11. The van der Waals surface area contributed by atoms with E-state index in [1.807, 2.05) is 16.5 Å². The molecule has 4 heterocycles. The smallest absolute Gasteiger partial charge is 0.225 e. The van der Waals surface area contributed by atoms with E-state index in [1.165, 1.54) is 10.4 Å². The van der Waals surface area contributed by atoms with E-state index in [2.05, 4.69) is 21.6 Å². The molecule has 1 saturated heterocycles. The van der Waals surface area contributed by atoms with Crippen LogP contribution in [0.2, 0.25) is 0 Å². The second kappa shape index (κ2) is 6.64. The second-order valence-electron chi connectivity index (χ2n) is 6.57. The van der Waals surface area contributed by atoms with Gasteiger partial charge in [0, 0.05) is 37.4 Å². The van der Waals surface area contributed by atoms with Crippen LogP contribution >= 0.6 is 11.3 Å². The Bertz CT molecular complexity index is 718. The van der Waals surface area contributed by atoms with Gasteiger partial charge in [0.15, 0.2) is 0 Å². The molecular formula is C17H22N4O2S. The highest BCUT2D eigenvalue weighted by Crippen LogP contribution is 2.34. The summed E-state index contributed by atoms with van der Waals surface area (Å²) in [6.07, 6.45) is 5.01. The minimum atomic E-state index is -0.0658. The van der Waals surface area contributed by atoms with Gasteiger partial charge in [-0.2, -0.15) is 0 Å². The third-order valence-corrected chi connectivity index (χ3v) is 6.09. The molecule has 0 saturated carbocycles. The number of rotatable bonds is 3. The number of aryl methyl sites for hydroxylation is 1. The Morgan fingerprint density at radius 3 is 3.00 bits per heavy atom. The summed E-state index contributed by atoms with van der Waals surface area (Å²) < 4.78 is 7.84. The number of likely N-dealkylation sites (tertiary alicyclic amines) is 1. The number of nitrogens with zero attached hydrogens (tertiary/aromatic N) is 4. The highest BCUT2D eigenvalue weighted by atomic mass is 32.1. The van der Waals surface area contributed by atoms with E-state index >= 15 is 0 Å². The van der Waals surface area contributed by atoms with Crippen molar-refractivity contribution < 1.29 is 9.53 Å². The minimum Gasteiger partial charge on any atom is -0.373 e. The SMILES string of the molecule is Cn1cnnc1C1CCN(C(=O)C[C@@H]2OCCc3sccc32)CC1. The molecule has 6 nitrogen and oxygen atoms in total. The zero-order valence-electron chi connectivity index (χ0n) is 13.9. The molecule has 0 radical (unpaired) electrons. The second-order valence-corrected chi connectivity index (χ2v) is 7.57. The molecule has 2 aliphatic rings. The first-order chi connectivity index (χ1) is 11.7. The summed E-state index contributed by atoms with van der Waals surface area (Å²) in [4.78, 5) is 16.0. The predicted octanol–water partition coefficient (Wildman–Crippen LogP) is 2.29. The van der Waals surface area contributed by atoms with Crippen molar-refractivity contribution in [3.8, 4) is 0 Å². The van der Waals surface area contributed by atoms with Gasteiger partial charge in [0.05, 0.1) is 19.1 Å². The van der Waals surface area contributed by atoms with E-state index in [0.29, 0.717) is 12.3 Å². The molecule has 4 rings (SSSR count). The lowest BCUT2D eigenvalue weighted by Crippen LogP contribution is -2.39. The normalized spacial score (nSPS) is 21.7. The monoisotopic (exact) mass is 346 g/mol. The lowest BCUT2D eigenvalue weighted by Gasteiger charge is -2.33. The van der Waals surface area contributed by atoms with Crippen LogP contribution in [0.25, 0.3) is 0 Å². The van der Waals surface area contributed by atoms with E-state index in [9.17, 15) is 4.79 Å². The molecule has 0 bridgehead atoms. The van der Waals surface area contributed by atoms with E-state index in [-0.39, 0.29) is 12.0 Å². The van der Waals surface area contributed by atoms with Gasteiger partial charge in [-0.15, -0.1) is 21.5 Å². The lowest BCUT2D eigenvalue weighted by atomic mass is 9.95. The van der Waals surface area contributed by atoms with Crippen molar-refractivity contribution in [3.63, 3.8) is 0 Å². The lowest BCUT2D eigenvalue weighted by molar-refractivity contribution is -0.135. The summed E-state index contributed by atoms with van der Waals surface area (Å²) in [5.74, 6) is 1.63.